The van der Waals surface area contributed by atoms with Crippen LogP contribution in [0.1, 0.15) is 11.1 Å². The van der Waals surface area contributed by atoms with Gasteiger partial charge in [-0.15, -0.1) is 0 Å². The molecule has 360 valence electrons. The summed E-state index contributed by atoms with van der Waals surface area (Å²) in [5, 5.41) is 137. The molecule has 0 spiro atoms. The summed E-state index contributed by atoms with van der Waals surface area (Å²) in [7, 11) is 1.34. The molecule has 66 heavy (non-hydrogen) atoms. The second kappa shape index (κ2) is 20.7. The molecule has 4 aliphatic heterocycles. The van der Waals surface area contributed by atoms with Crippen molar-refractivity contribution in [2.24, 2.45) is 0 Å². The van der Waals surface area contributed by atoms with Crippen molar-refractivity contribution >= 4 is 17.8 Å². The quantitative estimate of drug-likeness (QED) is 0.0670. The number of rotatable bonds is 14. The summed E-state index contributed by atoms with van der Waals surface area (Å²) in [6.45, 7) is -2.34. The molecule has 13 N–H and O–H groups in total. The van der Waals surface area contributed by atoms with E-state index in [1.54, 1.807) is 0 Å². The highest BCUT2D eigenvalue weighted by Crippen LogP contribution is 2.41. The zero-order valence-electron chi connectivity index (χ0n) is 34.7. The van der Waals surface area contributed by atoms with Crippen LogP contribution in [0.4, 0.5) is 0 Å². The van der Waals surface area contributed by atoms with Crippen LogP contribution in [0.15, 0.2) is 89.6 Å². The lowest BCUT2D eigenvalue weighted by molar-refractivity contribution is -0.363. The third-order valence-corrected chi connectivity index (χ3v) is 11.2. The van der Waals surface area contributed by atoms with Gasteiger partial charge in [0.1, 0.15) is 97.1 Å². The number of aliphatic hydroxyl groups excluding tert-OH is 11. The van der Waals surface area contributed by atoms with Gasteiger partial charge in [-0.3, -0.25) is 0 Å². The minimum absolute atomic E-state index is 0.0630. The highest BCUT2D eigenvalue weighted by molar-refractivity contribution is 5.87. The molecule has 2 aromatic carbocycles. The Morgan fingerprint density at radius 1 is 0.697 bits per heavy atom. The summed E-state index contributed by atoms with van der Waals surface area (Å²) in [4.78, 5) is 12.6. The molecule has 0 aromatic heterocycles. The molecule has 0 amide bonds. The van der Waals surface area contributed by atoms with Crippen LogP contribution in [-0.2, 0) is 42.7 Å². The van der Waals surface area contributed by atoms with Gasteiger partial charge in [-0.05, 0) is 54.1 Å². The molecular formula is C43H50O23. The summed E-state index contributed by atoms with van der Waals surface area (Å²) in [5.41, 5.74) is 0.767. The summed E-state index contributed by atoms with van der Waals surface area (Å²) >= 11 is 0. The predicted octanol–water partition coefficient (Wildman–Crippen LogP) is -2.84. The molecule has 23 nitrogen and oxygen atoms in total. The number of carbonyl (C=O) groups is 1. The van der Waals surface area contributed by atoms with Crippen molar-refractivity contribution in [3.05, 3.63) is 101 Å². The first-order chi connectivity index (χ1) is 31.5. The van der Waals surface area contributed by atoms with Gasteiger partial charge >= 0.3 is 5.97 Å². The summed E-state index contributed by atoms with van der Waals surface area (Å²) in [6.07, 6.45) is -22.2. The van der Waals surface area contributed by atoms with E-state index in [2.05, 4.69) is 0 Å². The molecule has 0 saturated carbocycles. The molecule has 0 bridgehead atoms. The number of ether oxygens (including phenoxy) is 9. The van der Waals surface area contributed by atoms with E-state index >= 15 is 0 Å². The highest BCUT2D eigenvalue weighted by Gasteiger charge is 2.52. The Bertz CT molecular complexity index is 2190. The highest BCUT2D eigenvalue weighted by atomic mass is 16.8. The second-order valence-corrected chi connectivity index (χ2v) is 15.6. The SMILES string of the molecule is COc1cc(/C=C/C(=O)OC[C@H]2O[C@@H](O[C@H]3[C@H](OC4=C(c5ccc(O)cc5)OC5C=C(O)C=C(O[C@@H]6O[C@H](CO)[C@@H](O)[C@H](O)[C@H]6O)C5=C4)O[C@H](CO)[C@@H](O)[C@@H]3O)[C@H](O)[C@@H](O)[C@@H]2O)ccc1O. The fourth-order valence-electron chi connectivity index (χ4n) is 7.51. The molecular weight excluding hydrogens is 884 g/mol. The van der Waals surface area contributed by atoms with Crippen LogP contribution in [0.5, 0.6) is 17.2 Å². The fraction of sp³-hybridized carbons (Fsp3) is 0.465. The number of phenolic OH excluding ortho intramolecular Hbond substituents is 2. The fourth-order valence-corrected chi connectivity index (χ4v) is 7.51. The third-order valence-electron chi connectivity index (χ3n) is 11.2. The van der Waals surface area contributed by atoms with Gasteiger partial charge < -0.3 is 109 Å². The first-order valence-electron chi connectivity index (χ1n) is 20.4. The molecule has 1 unspecified atom stereocenters. The van der Waals surface area contributed by atoms with Crippen LogP contribution in [0.25, 0.3) is 11.8 Å². The third kappa shape index (κ3) is 10.3. The summed E-state index contributed by atoms with van der Waals surface area (Å²) in [5.74, 6) is -2.03. The minimum Gasteiger partial charge on any atom is -0.508 e. The number of methoxy groups -OCH3 is 1. The second-order valence-electron chi connectivity index (χ2n) is 15.6. The van der Waals surface area contributed by atoms with E-state index in [0.29, 0.717) is 5.56 Å². The number of phenols is 2. The number of hydrogen-bond acceptors (Lipinski definition) is 23. The number of benzene rings is 2. The Morgan fingerprint density at radius 2 is 1.32 bits per heavy atom. The zero-order chi connectivity index (χ0) is 47.6. The topological polar surface area (TPSA) is 363 Å². The van der Waals surface area contributed by atoms with Crippen molar-refractivity contribution in [2.75, 3.05) is 26.9 Å². The van der Waals surface area contributed by atoms with E-state index in [4.69, 9.17) is 42.6 Å². The molecule has 1 aliphatic carbocycles. The first kappa shape index (κ1) is 48.6. The van der Waals surface area contributed by atoms with Crippen molar-refractivity contribution in [2.45, 2.75) is 98.2 Å². The molecule has 2 aromatic rings. The Morgan fingerprint density at radius 3 is 1.98 bits per heavy atom. The van der Waals surface area contributed by atoms with Gasteiger partial charge in [0.2, 0.25) is 12.6 Å². The van der Waals surface area contributed by atoms with E-state index in [9.17, 15) is 71.2 Å². The molecule has 4 heterocycles. The van der Waals surface area contributed by atoms with Crippen LogP contribution < -0.4 is 4.74 Å². The zero-order valence-corrected chi connectivity index (χ0v) is 34.7. The minimum atomic E-state index is -2.04. The van der Waals surface area contributed by atoms with E-state index in [-0.39, 0.29) is 45.7 Å². The van der Waals surface area contributed by atoms with Crippen LogP contribution in [0.2, 0.25) is 0 Å². The van der Waals surface area contributed by atoms with Gasteiger partial charge in [-0.2, -0.15) is 0 Å². The smallest absolute Gasteiger partial charge is 0.330 e. The Hall–Kier alpha value is -5.35. The molecule has 0 radical (unpaired) electrons. The lowest BCUT2D eigenvalue weighted by Gasteiger charge is -2.46. The van der Waals surface area contributed by atoms with Crippen molar-refractivity contribution in [1.82, 2.24) is 0 Å². The van der Waals surface area contributed by atoms with Crippen LogP contribution in [0.3, 0.4) is 0 Å². The van der Waals surface area contributed by atoms with Gasteiger partial charge in [-0.1, -0.05) is 6.07 Å². The van der Waals surface area contributed by atoms with E-state index < -0.39 is 130 Å². The maximum atomic E-state index is 12.6. The van der Waals surface area contributed by atoms with E-state index in [0.717, 1.165) is 12.2 Å². The summed E-state index contributed by atoms with van der Waals surface area (Å²) < 4.78 is 51.8. The van der Waals surface area contributed by atoms with Gasteiger partial charge in [-0.25, -0.2) is 4.79 Å². The first-order valence-corrected chi connectivity index (χ1v) is 20.4. The Labute approximate surface area is 374 Å². The molecule has 3 fully saturated rings. The van der Waals surface area contributed by atoms with Crippen LogP contribution in [-0.4, -0.2) is 198 Å². The maximum Gasteiger partial charge on any atom is 0.330 e. The van der Waals surface area contributed by atoms with Gasteiger partial charge in [0.05, 0.1) is 20.3 Å². The molecule has 16 atom stereocenters. The standard InChI is InChI=1S/C43H50O23/c1-58-25-10-17(2-8-22(25)48)3-9-30(49)59-16-29-33(52)35(54)38(57)42(65-29)66-40-36(55)32(51)28(15-45)64-43(40)62-26-13-21-23(60-39(26)18-4-6-19(46)7-5-18)11-20(47)12-24(21)61-41-37(56)34(53)31(50)27(14-44)63-41/h2-13,23,27-29,31-38,40-48,50-57H,14-16H2,1H3/b9-3+/t23?,27-,28-,29-,31-,32-,33-,34+,35+,36+,37-,38-,40-,41-,42+,43-/m1/s1. The summed E-state index contributed by atoms with van der Waals surface area (Å²) in [6, 6.07) is 9.76. The lowest BCUT2D eigenvalue weighted by atomic mass is 9.96. The van der Waals surface area contributed by atoms with Crippen LogP contribution in [0, 0.1) is 0 Å². The number of hydrogen-bond donors (Lipinski definition) is 13. The molecule has 5 aliphatic rings. The van der Waals surface area contributed by atoms with Crippen molar-refractivity contribution in [3.8, 4) is 17.2 Å². The van der Waals surface area contributed by atoms with Gasteiger partial charge in [0, 0.05) is 29.4 Å². The average Bonchev–Trinajstić information content (AvgIpc) is 3.30. The van der Waals surface area contributed by atoms with Crippen LogP contribution >= 0.6 is 0 Å². The Balaban J connectivity index is 1.15. The maximum absolute atomic E-state index is 12.6. The lowest BCUT2D eigenvalue weighted by Crippen LogP contribution is -2.64. The monoisotopic (exact) mass is 934 g/mol. The van der Waals surface area contributed by atoms with E-state index in [1.165, 1.54) is 67.8 Å². The van der Waals surface area contributed by atoms with E-state index in [1.807, 2.05) is 0 Å². The molecule has 7 rings (SSSR count). The van der Waals surface area contributed by atoms with Crippen molar-refractivity contribution < 1.29 is 114 Å². The van der Waals surface area contributed by atoms with Gasteiger partial charge in [0.25, 0.3) is 0 Å². The van der Waals surface area contributed by atoms with Crippen molar-refractivity contribution in [3.63, 3.8) is 0 Å². The number of esters is 1. The normalized spacial score (nSPS) is 35.8. The van der Waals surface area contributed by atoms with Gasteiger partial charge in [0.15, 0.2) is 35.4 Å². The number of fused-ring (bicyclic) bond motifs is 1. The number of aliphatic hydroxyl groups is 11. The molecule has 3 saturated heterocycles. The Kier molecular flexibility index (Phi) is 15.2. The number of aromatic hydroxyl groups is 2. The average molecular weight is 935 g/mol. The largest absolute Gasteiger partial charge is 0.508 e. The number of allylic oxidation sites excluding steroid dienone is 2. The van der Waals surface area contributed by atoms with Crippen molar-refractivity contribution in [1.29, 1.82) is 0 Å². The molecule has 23 heteroatoms. The predicted molar refractivity (Wildman–Crippen MR) is 217 cm³/mol. The number of carbonyl (C=O) groups excluding carboxylic acids is 1.